The van der Waals surface area contributed by atoms with Crippen LogP contribution in [0.1, 0.15) is 63.7 Å². The van der Waals surface area contributed by atoms with E-state index in [-0.39, 0.29) is 11.9 Å². The number of unbranched alkanes of at least 4 members (excludes halogenated alkanes) is 2. The maximum absolute atomic E-state index is 13.4. The number of anilines is 1. The molecule has 0 aliphatic carbocycles. The van der Waals surface area contributed by atoms with Gasteiger partial charge in [0.2, 0.25) is 0 Å². The van der Waals surface area contributed by atoms with E-state index in [2.05, 4.69) is 29.1 Å². The van der Waals surface area contributed by atoms with E-state index in [4.69, 9.17) is 11.6 Å². The fraction of sp³-hybridized carbons (Fsp3) is 0.550. The number of carbonyl (C=O) groups is 1. The first-order chi connectivity index (χ1) is 12.5. The third-order valence-corrected chi connectivity index (χ3v) is 4.58. The predicted molar refractivity (Wildman–Crippen MR) is 109 cm³/mol. The van der Waals surface area contributed by atoms with Crippen molar-refractivity contribution in [2.45, 2.75) is 59.4 Å². The van der Waals surface area contributed by atoms with Crippen molar-refractivity contribution in [2.75, 3.05) is 18.4 Å². The van der Waals surface area contributed by atoms with Crippen molar-refractivity contribution in [1.82, 2.24) is 14.9 Å². The van der Waals surface area contributed by atoms with Gasteiger partial charge in [0, 0.05) is 30.7 Å². The summed E-state index contributed by atoms with van der Waals surface area (Å²) < 4.78 is 0. The number of hydrogen-bond donors (Lipinski definition) is 1. The van der Waals surface area contributed by atoms with Gasteiger partial charge < -0.3 is 10.2 Å². The molecule has 0 aliphatic heterocycles. The van der Waals surface area contributed by atoms with Crippen LogP contribution in [-0.2, 0) is 0 Å². The summed E-state index contributed by atoms with van der Waals surface area (Å²) in [5, 5.41) is 4.40. The minimum absolute atomic E-state index is 0.0571. The number of carbonyl (C=O) groups excluding carboxylic acids is 1. The minimum atomic E-state index is -0.0571. The number of nitrogens with zero attached hydrogens (tertiary/aromatic N) is 3. The molecule has 0 saturated heterocycles. The van der Waals surface area contributed by atoms with Gasteiger partial charge in [-0.1, -0.05) is 38.3 Å². The number of rotatable bonds is 9. The molecule has 1 amide bonds. The van der Waals surface area contributed by atoms with Crippen LogP contribution >= 0.6 is 11.6 Å². The van der Waals surface area contributed by atoms with E-state index in [1.165, 1.54) is 0 Å². The standard InChI is InChI=1S/C20H29ClN4O/c1-5-7-12-25(13-8-6-2)20(26)16-17(21)15-10-9-11-22-18(15)24-19(16)23-14(3)4/h9-11,14H,5-8,12-13H2,1-4H3,(H,22,23,24). The molecule has 0 aromatic carbocycles. The molecule has 2 rings (SSSR count). The van der Waals surface area contributed by atoms with Crippen LogP contribution in [0.15, 0.2) is 18.3 Å². The van der Waals surface area contributed by atoms with Gasteiger partial charge in [0.05, 0.1) is 5.02 Å². The Kier molecular flexibility index (Phi) is 7.64. The van der Waals surface area contributed by atoms with Crippen LogP contribution in [0.3, 0.4) is 0 Å². The zero-order chi connectivity index (χ0) is 19.1. The molecular weight excluding hydrogens is 348 g/mol. The number of pyridine rings is 2. The average Bonchev–Trinajstić information content (AvgIpc) is 2.61. The van der Waals surface area contributed by atoms with Crippen molar-refractivity contribution in [1.29, 1.82) is 0 Å². The lowest BCUT2D eigenvalue weighted by Gasteiger charge is -2.25. The smallest absolute Gasteiger partial charge is 0.259 e. The predicted octanol–water partition coefficient (Wildman–Crippen LogP) is 5.15. The topological polar surface area (TPSA) is 58.1 Å². The lowest BCUT2D eigenvalue weighted by atomic mass is 10.1. The van der Waals surface area contributed by atoms with Crippen LogP contribution in [0.25, 0.3) is 11.0 Å². The highest BCUT2D eigenvalue weighted by molar-refractivity contribution is 6.39. The summed E-state index contributed by atoms with van der Waals surface area (Å²) in [5.74, 6) is 0.456. The molecule has 2 heterocycles. The Bertz CT molecular complexity index is 740. The summed E-state index contributed by atoms with van der Waals surface area (Å²) in [6, 6.07) is 3.80. The van der Waals surface area contributed by atoms with Gasteiger partial charge in [-0.3, -0.25) is 4.79 Å². The fourth-order valence-corrected chi connectivity index (χ4v) is 3.12. The van der Waals surface area contributed by atoms with E-state index in [1.54, 1.807) is 6.20 Å². The highest BCUT2D eigenvalue weighted by Crippen LogP contribution is 2.31. The summed E-state index contributed by atoms with van der Waals surface area (Å²) in [6.07, 6.45) is 5.72. The Labute approximate surface area is 161 Å². The Morgan fingerprint density at radius 1 is 1.23 bits per heavy atom. The normalized spacial score (nSPS) is 11.2. The molecule has 26 heavy (non-hydrogen) atoms. The molecule has 1 N–H and O–H groups in total. The second-order valence-corrected chi connectivity index (χ2v) is 7.20. The number of nitrogens with one attached hydrogen (secondary N) is 1. The molecule has 6 heteroatoms. The van der Waals surface area contributed by atoms with Crippen molar-refractivity contribution in [3.63, 3.8) is 0 Å². The van der Waals surface area contributed by atoms with Crippen LogP contribution in [0.2, 0.25) is 5.02 Å². The molecule has 142 valence electrons. The van der Waals surface area contributed by atoms with E-state index in [1.807, 2.05) is 30.9 Å². The van der Waals surface area contributed by atoms with Gasteiger partial charge in [-0.25, -0.2) is 9.97 Å². The van der Waals surface area contributed by atoms with Crippen molar-refractivity contribution in [3.8, 4) is 0 Å². The molecule has 0 unspecified atom stereocenters. The zero-order valence-corrected chi connectivity index (χ0v) is 16.9. The molecule has 5 nitrogen and oxygen atoms in total. The first kappa shape index (κ1) is 20.4. The average molecular weight is 377 g/mol. The van der Waals surface area contributed by atoms with Crippen molar-refractivity contribution in [2.24, 2.45) is 0 Å². The number of hydrogen-bond acceptors (Lipinski definition) is 4. The molecule has 2 aromatic heterocycles. The summed E-state index contributed by atoms with van der Waals surface area (Å²) in [4.78, 5) is 24.2. The van der Waals surface area contributed by atoms with Crippen LogP contribution in [0.4, 0.5) is 5.82 Å². The Hall–Kier alpha value is -1.88. The van der Waals surface area contributed by atoms with E-state index in [0.717, 1.165) is 38.8 Å². The summed E-state index contributed by atoms with van der Waals surface area (Å²) in [6.45, 7) is 9.75. The van der Waals surface area contributed by atoms with Crippen molar-refractivity contribution < 1.29 is 4.79 Å². The maximum atomic E-state index is 13.4. The van der Waals surface area contributed by atoms with Gasteiger partial charge in [0.25, 0.3) is 5.91 Å². The van der Waals surface area contributed by atoms with Crippen LogP contribution in [-0.4, -0.2) is 39.9 Å². The van der Waals surface area contributed by atoms with Gasteiger partial charge >= 0.3 is 0 Å². The molecule has 0 spiro atoms. The number of halogens is 1. The molecule has 0 fully saturated rings. The van der Waals surface area contributed by atoms with Gasteiger partial charge in [-0.2, -0.15) is 0 Å². The Morgan fingerprint density at radius 2 is 1.88 bits per heavy atom. The second-order valence-electron chi connectivity index (χ2n) is 6.82. The van der Waals surface area contributed by atoms with Crippen molar-refractivity contribution >= 4 is 34.4 Å². The molecule has 0 bridgehead atoms. The van der Waals surface area contributed by atoms with E-state index < -0.39 is 0 Å². The van der Waals surface area contributed by atoms with Crippen LogP contribution in [0.5, 0.6) is 0 Å². The largest absolute Gasteiger partial charge is 0.367 e. The first-order valence-corrected chi connectivity index (χ1v) is 9.87. The SMILES string of the molecule is CCCCN(CCCC)C(=O)c1c(NC(C)C)nc2ncccc2c1Cl. The summed E-state index contributed by atoms with van der Waals surface area (Å²) in [7, 11) is 0. The third kappa shape index (κ3) is 4.85. The lowest BCUT2D eigenvalue weighted by molar-refractivity contribution is 0.0752. The van der Waals surface area contributed by atoms with Gasteiger partial charge in [-0.05, 0) is 38.8 Å². The molecule has 0 radical (unpaired) electrons. The molecule has 0 aliphatic rings. The highest BCUT2D eigenvalue weighted by atomic mass is 35.5. The lowest BCUT2D eigenvalue weighted by Crippen LogP contribution is -2.34. The molecule has 0 saturated carbocycles. The highest BCUT2D eigenvalue weighted by Gasteiger charge is 2.25. The van der Waals surface area contributed by atoms with Gasteiger partial charge in [0.15, 0.2) is 5.65 Å². The van der Waals surface area contributed by atoms with Gasteiger partial charge in [0.1, 0.15) is 11.4 Å². The zero-order valence-electron chi connectivity index (χ0n) is 16.2. The quantitative estimate of drug-likeness (QED) is 0.657. The van der Waals surface area contributed by atoms with Crippen molar-refractivity contribution in [3.05, 3.63) is 28.9 Å². The Balaban J connectivity index is 2.52. The minimum Gasteiger partial charge on any atom is -0.367 e. The van der Waals surface area contributed by atoms with E-state index in [0.29, 0.717) is 27.4 Å². The first-order valence-electron chi connectivity index (χ1n) is 9.49. The van der Waals surface area contributed by atoms with Gasteiger partial charge in [-0.15, -0.1) is 0 Å². The maximum Gasteiger partial charge on any atom is 0.259 e. The Morgan fingerprint density at radius 3 is 2.46 bits per heavy atom. The second kappa shape index (κ2) is 9.72. The monoisotopic (exact) mass is 376 g/mol. The summed E-state index contributed by atoms with van der Waals surface area (Å²) >= 11 is 6.67. The molecule has 0 atom stereocenters. The summed E-state index contributed by atoms with van der Waals surface area (Å²) in [5.41, 5.74) is 0.999. The number of aromatic nitrogens is 2. The van der Waals surface area contributed by atoms with E-state index in [9.17, 15) is 4.79 Å². The third-order valence-electron chi connectivity index (χ3n) is 4.19. The number of amides is 1. The number of fused-ring (bicyclic) bond motifs is 1. The molecular formula is C20H29ClN4O. The fourth-order valence-electron chi connectivity index (χ4n) is 2.80. The van der Waals surface area contributed by atoms with Crippen LogP contribution < -0.4 is 5.32 Å². The molecule has 2 aromatic rings. The van der Waals surface area contributed by atoms with E-state index >= 15 is 0 Å². The van der Waals surface area contributed by atoms with Crippen LogP contribution in [0, 0.1) is 0 Å².